The van der Waals surface area contributed by atoms with Gasteiger partial charge in [0.2, 0.25) is 0 Å². The lowest BCUT2D eigenvalue weighted by Gasteiger charge is -2.29. The van der Waals surface area contributed by atoms with Crippen LogP contribution < -0.4 is 4.90 Å². The summed E-state index contributed by atoms with van der Waals surface area (Å²) >= 11 is 0. The average molecular weight is 259 g/mol. The minimum Gasteiger partial charge on any atom is -0.382 e. The molecule has 0 spiro atoms. The fourth-order valence-corrected chi connectivity index (χ4v) is 3.34. The van der Waals surface area contributed by atoms with E-state index in [4.69, 9.17) is 0 Å². The van der Waals surface area contributed by atoms with E-state index >= 15 is 0 Å². The first-order chi connectivity index (χ1) is 9.24. The molecule has 0 aliphatic carbocycles. The first-order valence-corrected chi connectivity index (χ1v) is 7.31. The fourth-order valence-electron chi connectivity index (χ4n) is 3.34. The third kappa shape index (κ3) is 2.67. The number of aliphatic hydroxyl groups is 1. The molecule has 2 heterocycles. The van der Waals surface area contributed by atoms with Gasteiger partial charge in [0.15, 0.2) is 0 Å². The molecule has 19 heavy (non-hydrogen) atoms. The lowest BCUT2D eigenvalue weighted by atomic mass is 9.99. The van der Waals surface area contributed by atoms with Crippen molar-refractivity contribution in [3.63, 3.8) is 0 Å². The Kier molecular flexibility index (Phi) is 3.58. The molecule has 3 atom stereocenters. The molecule has 1 aliphatic rings. The van der Waals surface area contributed by atoms with E-state index in [0.717, 1.165) is 28.9 Å². The van der Waals surface area contributed by atoms with Gasteiger partial charge in [0.05, 0.1) is 13.1 Å². The van der Waals surface area contributed by atoms with Gasteiger partial charge in [-0.15, -0.1) is 0 Å². The smallest absolute Gasteiger partial charge is 0.130 e. The van der Waals surface area contributed by atoms with Crippen LogP contribution in [0.5, 0.6) is 0 Å². The van der Waals surface area contributed by atoms with Gasteiger partial charge in [0.25, 0.3) is 0 Å². The van der Waals surface area contributed by atoms with E-state index in [-0.39, 0.29) is 6.10 Å². The highest BCUT2D eigenvalue weighted by Gasteiger charge is 2.24. The molecule has 0 bridgehead atoms. The lowest BCUT2D eigenvalue weighted by molar-refractivity contribution is -0.912. The van der Waals surface area contributed by atoms with Crippen molar-refractivity contribution in [1.82, 2.24) is 4.98 Å². The molecule has 1 aromatic heterocycles. The van der Waals surface area contributed by atoms with Crippen molar-refractivity contribution in [1.29, 1.82) is 0 Å². The molecule has 102 valence electrons. The number of fused-ring (bicyclic) bond motifs is 1. The summed E-state index contributed by atoms with van der Waals surface area (Å²) in [4.78, 5) is 4.78. The summed E-state index contributed by atoms with van der Waals surface area (Å²) in [7, 11) is 0. The zero-order valence-electron chi connectivity index (χ0n) is 11.5. The number of piperidine rings is 1. The van der Waals surface area contributed by atoms with Crippen LogP contribution in [0.4, 0.5) is 0 Å². The zero-order chi connectivity index (χ0) is 13.2. The van der Waals surface area contributed by atoms with E-state index in [0.29, 0.717) is 0 Å². The van der Waals surface area contributed by atoms with Crippen LogP contribution in [0.25, 0.3) is 10.9 Å². The van der Waals surface area contributed by atoms with E-state index < -0.39 is 0 Å². The minimum atomic E-state index is -0.364. The fraction of sp³-hybridized carbons (Fsp3) is 0.500. The Morgan fingerprint density at radius 2 is 2.26 bits per heavy atom. The Balaban J connectivity index is 1.74. The minimum absolute atomic E-state index is 0.364. The van der Waals surface area contributed by atoms with Crippen molar-refractivity contribution < 1.29 is 10.0 Å². The number of H-pyrrole nitrogens is 1. The van der Waals surface area contributed by atoms with Gasteiger partial charge in [-0.1, -0.05) is 25.1 Å². The normalized spacial score (nSPS) is 25.6. The van der Waals surface area contributed by atoms with Crippen molar-refractivity contribution in [2.75, 3.05) is 19.6 Å². The maximum atomic E-state index is 10.5. The zero-order valence-corrected chi connectivity index (χ0v) is 11.5. The van der Waals surface area contributed by atoms with Crippen molar-refractivity contribution in [3.8, 4) is 0 Å². The van der Waals surface area contributed by atoms with Crippen LogP contribution in [0.1, 0.15) is 31.4 Å². The number of aliphatic hydroxyl groups excluding tert-OH is 1. The summed E-state index contributed by atoms with van der Waals surface area (Å²) in [6, 6.07) is 8.19. The largest absolute Gasteiger partial charge is 0.382 e. The van der Waals surface area contributed by atoms with E-state index in [1.807, 2.05) is 18.3 Å². The molecule has 2 aromatic rings. The van der Waals surface area contributed by atoms with Crippen LogP contribution in [0.15, 0.2) is 30.5 Å². The number of aromatic nitrogens is 1. The third-order valence-electron chi connectivity index (χ3n) is 4.33. The second-order valence-corrected chi connectivity index (χ2v) is 5.96. The second-order valence-electron chi connectivity index (χ2n) is 5.96. The number of likely N-dealkylation sites (tertiary alicyclic amines) is 1. The molecule has 1 fully saturated rings. The summed E-state index contributed by atoms with van der Waals surface area (Å²) in [6.45, 7) is 5.53. The van der Waals surface area contributed by atoms with Gasteiger partial charge in [-0.3, -0.25) is 0 Å². The Bertz CT molecular complexity index is 548. The lowest BCUT2D eigenvalue weighted by Crippen LogP contribution is -3.14. The molecule has 1 unspecified atom stereocenters. The van der Waals surface area contributed by atoms with Crippen LogP contribution in [0, 0.1) is 5.92 Å². The Morgan fingerprint density at radius 1 is 1.42 bits per heavy atom. The van der Waals surface area contributed by atoms with Crippen LogP contribution in [-0.4, -0.2) is 29.7 Å². The number of quaternary nitrogens is 1. The highest BCUT2D eigenvalue weighted by atomic mass is 16.3. The molecule has 1 aliphatic heterocycles. The topological polar surface area (TPSA) is 40.5 Å². The van der Waals surface area contributed by atoms with Crippen molar-refractivity contribution in [2.45, 2.75) is 25.9 Å². The summed E-state index contributed by atoms with van der Waals surface area (Å²) < 4.78 is 0. The van der Waals surface area contributed by atoms with E-state index in [1.165, 1.54) is 30.8 Å². The highest BCUT2D eigenvalue weighted by molar-refractivity contribution is 5.83. The predicted molar refractivity (Wildman–Crippen MR) is 77.2 cm³/mol. The first-order valence-electron chi connectivity index (χ1n) is 7.31. The standard InChI is InChI=1S/C16H22N2O/c1-12-5-4-8-18(10-12)11-16(19)14-9-17-15-7-3-2-6-13(14)15/h2-3,6-7,9,12,16-17,19H,4-5,8,10-11H2,1H3/p+1/t12-,16-/m0/s1. The Hall–Kier alpha value is -1.32. The molecule has 3 heteroatoms. The monoisotopic (exact) mass is 259 g/mol. The number of nitrogens with one attached hydrogen (secondary N) is 2. The third-order valence-corrected chi connectivity index (χ3v) is 4.33. The summed E-state index contributed by atoms with van der Waals surface area (Å²) in [6.07, 6.45) is 4.22. The molecule has 3 rings (SSSR count). The molecular formula is C16H23N2O+. The summed E-state index contributed by atoms with van der Waals surface area (Å²) in [5, 5.41) is 11.7. The van der Waals surface area contributed by atoms with Crippen LogP contribution in [0.2, 0.25) is 0 Å². The molecular weight excluding hydrogens is 236 g/mol. The van der Waals surface area contributed by atoms with E-state index in [1.54, 1.807) is 0 Å². The molecule has 0 radical (unpaired) electrons. The summed E-state index contributed by atoms with van der Waals surface area (Å²) in [5.74, 6) is 0.791. The van der Waals surface area contributed by atoms with Gasteiger partial charge in [-0.2, -0.15) is 0 Å². The predicted octanol–water partition coefficient (Wildman–Crippen LogP) is 1.52. The van der Waals surface area contributed by atoms with Crippen molar-refractivity contribution >= 4 is 10.9 Å². The highest BCUT2D eigenvalue weighted by Crippen LogP contribution is 2.23. The number of hydrogen-bond donors (Lipinski definition) is 3. The van der Waals surface area contributed by atoms with Crippen LogP contribution in [0.3, 0.4) is 0 Å². The molecule has 0 amide bonds. The van der Waals surface area contributed by atoms with Crippen molar-refractivity contribution in [2.24, 2.45) is 5.92 Å². The van der Waals surface area contributed by atoms with Crippen LogP contribution >= 0.6 is 0 Å². The summed E-state index contributed by atoms with van der Waals surface area (Å²) in [5.41, 5.74) is 2.15. The van der Waals surface area contributed by atoms with E-state index in [9.17, 15) is 5.11 Å². The van der Waals surface area contributed by atoms with Gasteiger partial charge in [0.1, 0.15) is 12.6 Å². The maximum absolute atomic E-state index is 10.5. The van der Waals surface area contributed by atoms with Crippen LogP contribution in [-0.2, 0) is 0 Å². The molecule has 3 nitrogen and oxygen atoms in total. The Labute approximate surface area is 114 Å². The van der Waals surface area contributed by atoms with Gasteiger partial charge in [-0.05, 0) is 18.9 Å². The maximum Gasteiger partial charge on any atom is 0.130 e. The van der Waals surface area contributed by atoms with Gasteiger partial charge >= 0.3 is 0 Å². The average Bonchev–Trinajstić information content (AvgIpc) is 2.82. The number of hydrogen-bond acceptors (Lipinski definition) is 1. The quantitative estimate of drug-likeness (QED) is 0.768. The molecule has 3 N–H and O–H groups in total. The number of aromatic amines is 1. The number of benzene rings is 1. The number of rotatable bonds is 3. The number of para-hydroxylation sites is 1. The van der Waals surface area contributed by atoms with Gasteiger partial charge < -0.3 is 15.0 Å². The Morgan fingerprint density at radius 3 is 3.11 bits per heavy atom. The SMILES string of the molecule is C[C@H]1CCC[NH+](C[C@H](O)c2c[nH]c3ccccc23)C1. The first kappa shape index (κ1) is 12.7. The van der Waals surface area contributed by atoms with Gasteiger partial charge in [-0.25, -0.2) is 0 Å². The van der Waals surface area contributed by atoms with Gasteiger partial charge in [0, 0.05) is 28.6 Å². The molecule has 0 saturated carbocycles. The van der Waals surface area contributed by atoms with Crippen molar-refractivity contribution in [3.05, 3.63) is 36.0 Å². The second kappa shape index (κ2) is 5.35. The molecule has 1 saturated heterocycles. The van der Waals surface area contributed by atoms with E-state index in [2.05, 4.69) is 24.0 Å². The molecule has 1 aromatic carbocycles.